The molecule has 17 heavy (non-hydrogen) atoms. The lowest BCUT2D eigenvalue weighted by Gasteiger charge is -2.12. The minimum absolute atomic E-state index is 0.191. The molecule has 0 bridgehead atoms. The van der Waals surface area contributed by atoms with Crippen LogP contribution >= 0.6 is 0 Å². The molecule has 0 saturated heterocycles. The molecule has 1 aliphatic heterocycles. The molecule has 0 spiro atoms. The van der Waals surface area contributed by atoms with Crippen molar-refractivity contribution in [1.29, 1.82) is 5.26 Å². The number of fused-ring (bicyclic) bond motifs is 1. The molecule has 82 valence electrons. The first-order chi connectivity index (χ1) is 8.20. The fraction of sp³-hybridized carbons (Fsp3) is 0.143. The van der Waals surface area contributed by atoms with Gasteiger partial charge in [-0.15, -0.1) is 6.42 Å². The molecule has 0 fully saturated rings. The van der Waals surface area contributed by atoms with Crippen molar-refractivity contribution in [2.75, 3.05) is 11.4 Å². The van der Waals surface area contributed by atoms with E-state index in [-0.39, 0.29) is 12.5 Å². The van der Waals surface area contributed by atoms with Gasteiger partial charge < -0.3 is 0 Å². The van der Waals surface area contributed by atoms with Crippen molar-refractivity contribution < 1.29 is 4.79 Å². The molecular formula is C14H10N2O. The zero-order valence-electron chi connectivity index (χ0n) is 9.40. The highest BCUT2D eigenvalue weighted by molar-refractivity contribution is 6.33. The van der Waals surface area contributed by atoms with E-state index >= 15 is 0 Å². The molecule has 3 heteroatoms. The second-order valence-electron chi connectivity index (χ2n) is 3.72. The molecule has 0 unspecified atom stereocenters. The van der Waals surface area contributed by atoms with Crippen molar-refractivity contribution in [2.24, 2.45) is 0 Å². The number of benzene rings is 1. The lowest BCUT2D eigenvalue weighted by atomic mass is 10.0. The molecule has 1 heterocycles. The number of anilines is 1. The second kappa shape index (κ2) is 4.15. The molecule has 0 radical (unpaired) electrons. The van der Waals surface area contributed by atoms with Crippen LogP contribution in [0.25, 0.3) is 5.57 Å². The maximum atomic E-state index is 12.2. The van der Waals surface area contributed by atoms with E-state index in [4.69, 9.17) is 11.7 Å². The van der Waals surface area contributed by atoms with Crippen LogP contribution in [0.3, 0.4) is 0 Å². The Labute approximate surface area is 100.0 Å². The molecule has 3 nitrogen and oxygen atoms in total. The summed E-state index contributed by atoms with van der Waals surface area (Å²) >= 11 is 0. The summed E-state index contributed by atoms with van der Waals surface area (Å²) in [6.45, 7) is 1.86. The first kappa shape index (κ1) is 11.0. The summed E-state index contributed by atoms with van der Waals surface area (Å²) in [7, 11) is 0. The fourth-order valence-electron chi connectivity index (χ4n) is 1.95. The van der Waals surface area contributed by atoms with Crippen LogP contribution in [-0.4, -0.2) is 12.5 Å². The number of nitriles is 1. The van der Waals surface area contributed by atoms with Gasteiger partial charge in [0.25, 0.3) is 5.91 Å². The fourth-order valence-corrected chi connectivity index (χ4v) is 1.95. The van der Waals surface area contributed by atoms with Crippen LogP contribution in [0.1, 0.15) is 12.5 Å². The average molecular weight is 222 g/mol. The van der Waals surface area contributed by atoms with Crippen molar-refractivity contribution in [2.45, 2.75) is 6.92 Å². The minimum atomic E-state index is -0.191. The van der Waals surface area contributed by atoms with Crippen LogP contribution in [-0.2, 0) is 4.79 Å². The van der Waals surface area contributed by atoms with E-state index < -0.39 is 0 Å². The Hall–Kier alpha value is -2.52. The summed E-state index contributed by atoms with van der Waals surface area (Å²) < 4.78 is 0. The number of amides is 1. The molecule has 0 aromatic heterocycles. The van der Waals surface area contributed by atoms with Crippen molar-refractivity contribution in [1.82, 2.24) is 0 Å². The zero-order chi connectivity index (χ0) is 12.4. The third kappa shape index (κ3) is 1.58. The van der Waals surface area contributed by atoms with Gasteiger partial charge in [-0.3, -0.25) is 9.69 Å². The Morgan fingerprint density at radius 2 is 2.18 bits per heavy atom. The smallest absolute Gasteiger partial charge is 0.260 e. The minimum Gasteiger partial charge on any atom is -0.296 e. The maximum Gasteiger partial charge on any atom is 0.260 e. The largest absolute Gasteiger partial charge is 0.296 e. The van der Waals surface area contributed by atoms with Gasteiger partial charge in [0.2, 0.25) is 0 Å². The highest BCUT2D eigenvalue weighted by Crippen LogP contribution is 2.37. The Kier molecular flexibility index (Phi) is 2.68. The number of hydrogen-bond acceptors (Lipinski definition) is 2. The van der Waals surface area contributed by atoms with Crippen molar-refractivity contribution >= 4 is 17.2 Å². The van der Waals surface area contributed by atoms with Gasteiger partial charge >= 0.3 is 0 Å². The molecule has 0 aliphatic carbocycles. The number of para-hydroxylation sites is 1. The number of carbonyl (C=O) groups excluding carboxylic acids is 1. The molecule has 1 aliphatic rings. The number of nitrogens with zero attached hydrogens (tertiary/aromatic N) is 2. The van der Waals surface area contributed by atoms with Gasteiger partial charge in [-0.05, 0) is 13.0 Å². The Balaban J connectivity index is 2.67. The Morgan fingerprint density at radius 3 is 2.82 bits per heavy atom. The van der Waals surface area contributed by atoms with Gasteiger partial charge in [-0.1, -0.05) is 24.1 Å². The van der Waals surface area contributed by atoms with Crippen molar-refractivity contribution in [3.05, 3.63) is 35.4 Å². The molecular weight excluding hydrogens is 212 g/mol. The zero-order valence-corrected chi connectivity index (χ0v) is 9.40. The van der Waals surface area contributed by atoms with E-state index in [2.05, 4.69) is 5.92 Å². The van der Waals surface area contributed by atoms with Crippen molar-refractivity contribution in [3.63, 3.8) is 0 Å². The van der Waals surface area contributed by atoms with Crippen LogP contribution in [0.5, 0.6) is 0 Å². The summed E-state index contributed by atoms with van der Waals surface area (Å²) in [4.78, 5) is 13.7. The highest BCUT2D eigenvalue weighted by atomic mass is 16.2. The molecule has 1 aromatic carbocycles. The normalized spacial score (nSPS) is 16.2. The average Bonchev–Trinajstić information content (AvgIpc) is 2.63. The predicted molar refractivity (Wildman–Crippen MR) is 65.8 cm³/mol. The topological polar surface area (TPSA) is 44.1 Å². The van der Waals surface area contributed by atoms with E-state index in [1.165, 1.54) is 4.90 Å². The molecule has 0 atom stereocenters. The Bertz CT molecular complexity index is 599. The van der Waals surface area contributed by atoms with Gasteiger partial charge in [-0.2, -0.15) is 5.26 Å². The number of rotatable bonds is 1. The SMILES string of the molecule is C#CCN1C(=O)/C(=C(/C)C#N)c2ccccc21. The third-order valence-electron chi connectivity index (χ3n) is 2.72. The van der Waals surface area contributed by atoms with E-state index in [1.807, 2.05) is 30.3 Å². The lowest BCUT2D eigenvalue weighted by molar-refractivity contribution is -0.112. The number of terminal acetylenes is 1. The first-order valence-electron chi connectivity index (χ1n) is 5.16. The van der Waals surface area contributed by atoms with Gasteiger partial charge in [0.05, 0.1) is 23.9 Å². The van der Waals surface area contributed by atoms with E-state index in [9.17, 15) is 4.79 Å². The molecule has 2 rings (SSSR count). The lowest BCUT2D eigenvalue weighted by Crippen LogP contribution is -2.26. The first-order valence-corrected chi connectivity index (χ1v) is 5.16. The summed E-state index contributed by atoms with van der Waals surface area (Å²) in [5.74, 6) is 2.27. The van der Waals surface area contributed by atoms with Gasteiger partial charge in [0.15, 0.2) is 0 Å². The quantitative estimate of drug-likeness (QED) is 0.414. The summed E-state index contributed by atoms with van der Waals surface area (Å²) in [6, 6.07) is 9.38. The standard InChI is InChI=1S/C14H10N2O/c1-3-8-16-12-7-5-4-6-11(12)13(14(16)17)10(2)9-15/h1,4-7H,8H2,2H3/b13-10-. The van der Waals surface area contributed by atoms with Gasteiger partial charge in [0, 0.05) is 11.1 Å². The van der Waals surface area contributed by atoms with Crippen LogP contribution in [0.4, 0.5) is 5.69 Å². The third-order valence-corrected chi connectivity index (χ3v) is 2.72. The Morgan fingerprint density at radius 1 is 1.47 bits per heavy atom. The van der Waals surface area contributed by atoms with Crippen LogP contribution in [0.2, 0.25) is 0 Å². The van der Waals surface area contributed by atoms with Crippen LogP contribution in [0, 0.1) is 23.7 Å². The molecule has 0 N–H and O–H groups in total. The molecule has 1 aromatic rings. The predicted octanol–water partition coefficient (Wildman–Crippen LogP) is 1.96. The van der Waals surface area contributed by atoms with Crippen LogP contribution in [0.15, 0.2) is 29.8 Å². The highest BCUT2D eigenvalue weighted by Gasteiger charge is 2.32. The van der Waals surface area contributed by atoms with Gasteiger partial charge in [-0.25, -0.2) is 0 Å². The van der Waals surface area contributed by atoms with Gasteiger partial charge in [0.1, 0.15) is 0 Å². The van der Waals surface area contributed by atoms with E-state index in [0.717, 1.165) is 11.3 Å². The monoisotopic (exact) mass is 222 g/mol. The van der Waals surface area contributed by atoms with E-state index in [1.54, 1.807) is 6.92 Å². The number of allylic oxidation sites excluding steroid dienone is 1. The summed E-state index contributed by atoms with van der Waals surface area (Å²) in [5, 5.41) is 8.94. The molecule has 1 amide bonds. The second-order valence-corrected chi connectivity index (χ2v) is 3.72. The van der Waals surface area contributed by atoms with E-state index in [0.29, 0.717) is 11.1 Å². The molecule has 0 saturated carbocycles. The summed E-state index contributed by atoms with van der Waals surface area (Å²) in [5.41, 5.74) is 2.44. The summed E-state index contributed by atoms with van der Waals surface area (Å²) in [6.07, 6.45) is 5.26. The number of hydrogen-bond donors (Lipinski definition) is 0. The van der Waals surface area contributed by atoms with Crippen molar-refractivity contribution in [3.8, 4) is 18.4 Å². The van der Waals surface area contributed by atoms with Crippen LogP contribution < -0.4 is 4.90 Å². The number of carbonyl (C=O) groups is 1. The maximum absolute atomic E-state index is 12.2.